The number of hydrogen-bond acceptors (Lipinski definition) is 3. The second-order valence-corrected chi connectivity index (χ2v) is 5.24. The topological polar surface area (TPSA) is 55.6 Å². The van der Waals surface area contributed by atoms with Gasteiger partial charge in [-0.05, 0) is 38.1 Å². The molecule has 0 aromatic rings. The van der Waals surface area contributed by atoms with Crippen molar-refractivity contribution in [3.8, 4) is 0 Å². The van der Waals surface area contributed by atoms with Crippen LogP contribution in [0.3, 0.4) is 0 Å². The average Bonchev–Trinajstić information content (AvgIpc) is 2.43. The molecule has 1 unspecified atom stereocenters. The molecule has 1 saturated heterocycles. The van der Waals surface area contributed by atoms with Crippen LogP contribution in [0.4, 0.5) is 0 Å². The van der Waals surface area contributed by atoms with Crippen LogP contribution in [-0.4, -0.2) is 43.7 Å². The Morgan fingerprint density at radius 2 is 2.06 bits per heavy atom. The van der Waals surface area contributed by atoms with Crippen molar-refractivity contribution in [2.75, 3.05) is 26.8 Å². The van der Waals surface area contributed by atoms with Crippen LogP contribution in [0.5, 0.6) is 0 Å². The minimum atomic E-state index is 0.275. The van der Waals surface area contributed by atoms with Crippen LogP contribution in [0.25, 0.3) is 0 Å². The molecule has 1 heterocycles. The molecule has 1 rings (SSSR count). The first-order valence-corrected chi connectivity index (χ1v) is 7.22. The molecular weight excluding hydrogens is 228 g/mol. The summed E-state index contributed by atoms with van der Waals surface area (Å²) in [6.07, 6.45) is 5.73. The van der Waals surface area contributed by atoms with E-state index < -0.39 is 0 Å². The number of carbonyl (C=O) groups is 1. The molecule has 1 fully saturated rings. The van der Waals surface area contributed by atoms with Gasteiger partial charge in [-0.25, -0.2) is 0 Å². The number of nitrogens with zero attached hydrogens (tertiary/aromatic N) is 1. The smallest absolute Gasteiger partial charge is 0.222 e. The largest absolute Gasteiger partial charge is 0.381 e. The molecule has 106 valence electrons. The van der Waals surface area contributed by atoms with Crippen LogP contribution in [0.2, 0.25) is 0 Å². The average molecular weight is 256 g/mol. The highest BCUT2D eigenvalue weighted by Crippen LogP contribution is 2.18. The molecule has 0 aromatic heterocycles. The Hall–Kier alpha value is -0.610. The van der Waals surface area contributed by atoms with Gasteiger partial charge in [0.25, 0.3) is 0 Å². The van der Waals surface area contributed by atoms with E-state index in [9.17, 15) is 4.79 Å². The molecule has 0 radical (unpaired) electrons. The van der Waals surface area contributed by atoms with E-state index in [1.807, 2.05) is 11.9 Å². The van der Waals surface area contributed by atoms with Gasteiger partial charge in [0.05, 0.1) is 0 Å². The summed E-state index contributed by atoms with van der Waals surface area (Å²) >= 11 is 0. The fraction of sp³-hybridized carbons (Fsp3) is 0.929. The van der Waals surface area contributed by atoms with Gasteiger partial charge in [-0.2, -0.15) is 0 Å². The number of ether oxygens (including phenoxy) is 1. The first-order chi connectivity index (χ1) is 8.69. The van der Waals surface area contributed by atoms with Gasteiger partial charge in [0.15, 0.2) is 0 Å². The number of hydrogen-bond donors (Lipinski definition) is 1. The first-order valence-electron chi connectivity index (χ1n) is 7.22. The maximum atomic E-state index is 12.1. The van der Waals surface area contributed by atoms with Gasteiger partial charge in [0.1, 0.15) is 0 Å². The lowest BCUT2D eigenvalue weighted by molar-refractivity contribution is -0.134. The standard InChI is InChI=1S/C14H28N2O2/c1-3-12(6-9-15)4-5-14(17)16(2)13-7-10-18-11-8-13/h12-13H,3-11,15H2,1-2H3. The van der Waals surface area contributed by atoms with E-state index in [-0.39, 0.29) is 5.91 Å². The zero-order valence-corrected chi connectivity index (χ0v) is 11.9. The summed E-state index contributed by atoms with van der Waals surface area (Å²) in [4.78, 5) is 14.0. The SMILES string of the molecule is CCC(CCN)CCC(=O)N(C)C1CCOCC1. The number of rotatable bonds is 7. The van der Waals surface area contributed by atoms with Gasteiger partial charge in [0.2, 0.25) is 5.91 Å². The van der Waals surface area contributed by atoms with Gasteiger partial charge in [-0.15, -0.1) is 0 Å². The predicted octanol–water partition coefficient (Wildman–Crippen LogP) is 1.78. The molecule has 0 aliphatic carbocycles. The lowest BCUT2D eigenvalue weighted by Gasteiger charge is -2.31. The zero-order chi connectivity index (χ0) is 13.4. The Bertz CT molecular complexity index is 240. The Labute approximate surface area is 111 Å². The minimum Gasteiger partial charge on any atom is -0.381 e. The maximum Gasteiger partial charge on any atom is 0.222 e. The molecule has 1 aliphatic rings. The summed E-state index contributed by atoms with van der Waals surface area (Å²) in [5.74, 6) is 0.874. The summed E-state index contributed by atoms with van der Waals surface area (Å²) in [7, 11) is 1.93. The summed E-state index contributed by atoms with van der Waals surface area (Å²) in [5.41, 5.74) is 5.58. The number of nitrogens with two attached hydrogens (primary N) is 1. The van der Waals surface area contributed by atoms with Gasteiger partial charge in [-0.3, -0.25) is 4.79 Å². The molecule has 1 aliphatic heterocycles. The van der Waals surface area contributed by atoms with E-state index in [1.165, 1.54) is 0 Å². The molecule has 0 spiro atoms. The molecule has 0 saturated carbocycles. The van der Waals surface area contributed by atoms with E-state index in [2.05, 4.69) is 6.92 Å². The van der Waals surface area contributed by atoms with Crippen molar-refractivity contribution in [1.29, 1.82) is 0 Å². The maximum absolute atomic E-state index is 12.1. The van der Waals surface area contributed by atoms with E-state index in [0.29, 0.717) is 18.4 Å². The summed E-state index contributed by atoms with van der Waals surface area (Å²) in [6, 6.07) is 0.376. The second-order valence-electron chi connectivity index (χ2n) is 5.24. The van der Waals surface area contributed by atoms with E-state index in [0.717, 1.165) is 51.9 Å². The van der Waals surface area contributed by atoms with Crippen molar-refractivity contribution in [1.82, 2.24) is 4.90 Å². The minimum absolute atomic E-state index is 0.275. The summed E-state index contributed by atoms with van der Waals surface area (Å²) in [5, 5.41) is 0. The van der Waals surface area contributed by atoms with Crippen molar-refractivity contribution < 1.29 is 9.53 Å². The third-order valence-corrected chi connectivity index (χ3v) is 4.05. The molecule has 0 bridgehead atoms. The van der Waals surface area contributed by atoms with Crippen LogP contribution in [-0.2, 0) is 9.53 Å². The fourth-order valence-corrected chi connectivity index (χ4v) is 2.57. The normalized spacial score (nSPS) is 18.6. The fourth-order valence-electron chi connectivity index (χ4n) is 2.57. The zero-order valence-electron chi connectivity index (χ0n) is 11.9. The van der Waals surface area contributed by atoms with Crippen LogP contribution < -0.4 is 5.73 Å². The summed E-state index contributed by atoms with van der Waals surface area (Å²) in [6.45, 7) is 4.47. The Balaban J connectivity index is 2.29. The third kappa shape index (κ3) is 4.94. The van der Waals surface area contributed by atoms with Crippen LogP contribution in [0.1, 0.15) is 45.4 Å². The molecule has 4 nitrogen and oxygen atoms in total. The van der Waals surface area contributed by atoms with Crippen molar-refractivity contribution >= 4 is 5.91 Å². The van der Waals surface area contributed by atoms with Crippen molar-refractivity contribution in [3.05, 3.63) is 0 Å². The molecule has 18 heavy (non-hydrogen) atoms. The highest BCUT2D eigenvalue weighted by atomic mass is 16.5. The van der Waals surface area contributed by atoms with Crippen molar-refractivity contribution in [2.24, 2.45) is 11.7 Å². The molecule has 2 N–H and O–H groups in total. The first kappa shape index (κ1) is 15.4. The number of carbonyl (C=O) groups excluding carboxylic acids is 1. The highest BCUT2D eigenvalue weighted by Gasteiger charge is 2.22. The second kappa shape index (κ2) is 8.48. The lowest BCUT2D eigenvalue weighted by atomic mass is 9.96. The van der Waals surface area contributed by atoms with Crippen molar-refractivity contribution in [3.63, 3.8) is 0 Å². The molecular formula is C14H28N2O2. The Kier molecular flexibility index (Phi) is 7.28. The molecule has 4 heteroatoms. The predicted molar refractivity (Wildman–Crippen MR) is 73.3 cm³/mol. The van der Waals surface area contributed by atoms with Gasteiger partial charge >= 0.3 is 0 Å². The van der Waals surface area contributed by atoms with Gasteiger partial charge in [0, 0.05) is 32.7 Å². The Morgan fingerprint density at radius 1 is 1.39 bits per heavy atom. The molecule has 1 amide bonds. The van der Waals surface area contributed by atoms with Crippen molar-refractivity contribution in [2.45, 2.75) is 51.5 Å². The monoisotopic (exact) mass is 256 g/mol. The lowest BCUT2D eigenvalue weighted by Crippen LogP contribution is -2.40. The van der Waals surface area contributed by atoms with Crippen LogP contribution in [0, 0.1) is 5.92 Å². The molecule has 1 atom stereocenters. The van der Waals surface area contributed by atoms with E-state index in [4.69, 9.17) is 10.5 Å². The van der Waals surface area contributed by atoms with Gasteiger partial charge in [-0.1, -0.05) is 13.3 Å². The highest BCUT2D eigenvalue weighted by molar-refractivity contribution is 5.76. The van der Waals surface area contributed by atoms with Gasteiger partial charge < -0.3 is 15.4 Å². The van der Waals surface area contributed by atoms with E-state index >= 15 is 0 Å². The van der Waals surface area contributed by atoms with E-state index in [1.54, 1.807) is 0 Å². The quantitative estimate of drug-likeness (QED) is 0.755. The Morgan fingerprint density at radius 3 is 2.61 bits per heavy atom. The third-order valence-electron chi connectivity index (χ3n) is 4.05. The summed E-state index contributed by atoms with van der Waals surface area (Å²) < 4.78 is 5.33. The van der Waals surface area contributed by atoms with Crippen LogP contribution in [0.15, 0.2) is 0 Å². The van der Waals surface area contributed by atoms with Crippen LogP contribution >= 0.6 is 0 Å². The molecule has 0 aromatic carbocycles. The number of amides is 1.